The Bertz CT molecular complexity index is 192. The number of rotatable bonds is 5. The van der Waals surface area contributed by atoms with Gasteiger partial charge in [0.15, 0.2) is 6.29 Å². The predicted molar refractivity (Wildman–Crippen MR) is 53.7 cm³/mol. The highest BCUT2D eigenvalue weighted by Crippen LogP contribution is 2.12. The molecule has 0 radical (unpaired) electrons. The lowest BCUT2D eigenvalue weighted by atomic mass is 10.2. The van der Waals surface area contributed by atoms with Crippen molar-refractivity contribution in [3.63, 3.8) is 0 Å². The second-order valence-corrected chi connectivity index (χ2v) is 3.71. The third-order valence-electron chi connectivity index (χ3n) is 2.33. The molecule has 1 saturated heterocycles. The average molecular weight is 217 g/mol. The molecule has 0 aromatic heterocycles. The first-order valence-electron chi connectivity index (χ1n) is 5.46. The molecule has 1 fully saturated rings. The van der Waals surface area contributed by atoms with Gasteiger partial charge in [-0.25, -0.2) is 10.3 Å². The van der Waals surface area contributed by atoms with Crippen LogP contribution in [0.5, 0.6) is 0 Å². The monoisotopic (exact) mass is 217 g/mol. The first-order valence-corrected chi connectivity index (χ1v) is 5.46. The Labute approximate surface area is 89.7 Å². The van der Waals surface area contributed by atoms with E-state index < -0.39 is 6.10 Å². The van der Waals surface area contributed by atoms with Gasteiger partial charge in [0.05, 0.1) is 12.5 Å². The first kappa shape index (κ1) is 12.4. The van der Waals surface area contributed by atoms with E-state index in [4.69, 9.17) is 9.57 Å². The van der Waals surface area contributed by atoms with Crippen LogP contribution in [0, 0.1) is 0 Å². The Balaban J connectivity index is 2.10. The van der Waals surface area contributed by atoms with E-state index in [2.05, 4.69) is 5.48 Å². The number of amides is 1. The zero-order valence-electron chi connectivity index (χ0n) is 9.07. The summed E-state index contributed by atoms with van der Waals surface area (Å²) in [6.45, 7) is 2.50. The molecule has 0 spiro atoms. The minimum absolute atomic E-state index is 0.0726. The summed E-state index contributed by atoms with van der Waals surface area (Å²) in [5.74, 6) is -0.307. The molecule has 0 aliphatic carbocycles. The third kappa shape index (κ3) is 5.11. The van der Waals surface area contributed by atoms with Crippen LogP contribution in [0.3, 0.4) is 0 Å². The van der Waals surface area contributed by atoms with Crippen LogP contribution in [0.2, 0.25) is 0 Å². The molecule has 1 rings (SSSR count). The number of aliphatic hydroxyl groups is 1. The number of hydrogen-bond acceptors (Lipinski definition) is 4. The molecule has 1 amide bonds. The van der Waals surface area contributed by atoms with Gasteiger partial charge >= 0.3 is 0 Å². The highest BCUT2D eigenvalue weighted by molar-refractivity contribution is 5.75. The maximum absolute atomic E-state index is 11.2. The van der Waals surface area contributed by atoms with Gasteiger partial charge in [0, 0.05) is 13.0 Å². The Hall–Kier alpha value is -0.650. The van der Waals surface area contributed by atoms with E-state index in [1.165, 1.54) is 0 Å². The topological polar surface area (TPSA) is 67.8 Å². The number of aliphatic hydroxyl groups excluding tert-OH is 1. The van der Waals surface area contributed by atoms with Crippen molar-refractivity contribution in [2.24, 2.45) is 0 Å². The largest absolute Gasteiger partial charge is 0.393 e. The van der Waals surface area contributed by atoms with Gasteiger partial charge in [-0.3, -0.25) is 4.79 Å². The van der Waals surface area contributed by atoms with Crippen LogP contribution in [0.25, 0.3) is 0 Å². The molecule has 1 heterocycles. The SMILES string of the molecule is CCC(O)CC(=O)NOC1CCCCO1. The van der Waals surface area contributed by atoms with Gasteiger partial charge in [-0.15, -0.1) is 0 Å². The lowest BCUT2D eigenvalue weighted by Crippen LogP contribution is -2.34. The molecule has 0 saturated carbocycles. The van der Waals surface area contributed by atoms with Crippen LogP contribution in [0.1, 0.15) is 39.0 Å². The highest BCUT2D eigenvalue weighted by atomic mass is 16.8. The number of carbonyl (C=O) groups excluding carboxylic acids is 1. The van der Waals surface area contributed by atoms with Crippen molar-refractivity contribution >= 4 is 5.91 Å². The van der Waals surface area contributed by atoms with E-state index in [1.807, 2.05) is 6.92 Å². The van der Waals surface area contributed by atoms with Gasteiger partial charge in [-0.2, -0.15) is 0 Å². The van der Waals surface area contributed by atoms with Crippen LogP contribution >= 0.6 is 0 Å². The summed E-state index contributed by atoms with van der Waals surface area (Å²) in [7, 11) is 0. The molecule has 5 nitrogen and oxygen atoms in total. The maximum Gasteiger partial charge on any atom is 0.246 e. The number of nitrogens with one attached hydrogen (secondary N) is 1. The molecule has 1 aliphatic heterocycles. The van der Waals surface area contributed by atoms with Crippen molar-refractivity contribution < 1.29 is 19.5 Å². The molecule has 2 atom stereocenters. The minimum Gasteiger partial charge on any atom is -0.393 e. The van der Waals surface area contributed by atoms with Crippen molar-refractivity contribution in [3.05, 3.63) is 0 Å². The fourth-order valence-corrected chi connectivity index (χ4v) is 1.34. The summed E-state index contributed by atoms with van der Waals surface area (Å²) in [6, 6.07) is 0. The number of carbonyl (C=O) groups is 1. The van der Waals surface area contributed by atoms with Gasteiger partial charge in [-0.05, 0) is 19.3 Å². The minimum atomic E-state index is -0.596. The quantitative estimate of drug-likeness (QED) is 0.666. The Morgan fingerprint density at radius 1 is 1.67 bits per heavy atom. The number of hydroxylamine groups is 1. The second kappa shape index (κ2) is 6.76. The molecule has 88 valence electrons. The normalized spacial score (nSPS) is 23.5. The van der Waals surface area contributed by atoms with E-state index >= 15 is 0 Å². The van der Waals surface area contributed by atoms with Crippen LogP contribution < -0.4 is 5.48 Å². The third-order valence-corrected chi connectivity index (χ3v) is 2.33. The van der Waals surface area contributed by atoms with Gasteiger partial charge in [0.2, 0.25) is 5.91 Å². The van der Waals surface area contributed by atoms with Gasteiger partial charge in [0.1, 0.15) is 0 Å². The summed E-state index contributed by atoms with van der Waals surface area (Å²) in [6.07, 6.45) is 2.61. The smallest absolute Gasteiger partial charge is 0.246 e. The highest BCUT2D eigenvalue weighted by Gasteiger charge is 2.16. The first-order chi connectivity index (χ1) is 7.22. The van der Waals surface area contributed by atoms with E-state index in [0.29, 0.717) is 13.0 Å². The van der Waals surface area contributed by atoms with Crippen molar-refractivity contribution in [1.82, 2.24) is 5.48 Å². The van der Waals surface area contributed by atoms with E-state index in [9.17, 15) is 9.90 Å². The fourth-order valence-electron chi connectivity index (χ4n) is 1.34. The molecule has 0 aromatic carbocycles. The Kier molecular flexibility index (Phi) is 5.60. The van der Waals surface area contributed by atoms with Gasteiger partial charge in [-0.1, -0.05) is 6.92 Å². The lowest BCUT2D eigenvalue weighted by Gasteiger charge is -2.22. The Morgan fingerprint density at radius 3 is 3.07 bits per heavy atom. The van der Waals surface area contributed by atoms with Crippen molar-refractivity contribution in [1.29, 1.82) is 0 Å². The lowest BCUT2D eigenvalue weighted by molar-refractivity contribution is -0.201. The zero-order valence-corrected chi connectivity index (χ0v) is 9.07. The van der Waals surface area contributed by atoms with Crippen molar-refractivity contribution in [3.8, 4) is 0 Å². The molecule has 15 heavy (non-hydrogen) atoms. The van der Waals surface area contributed by atoms with Crippen LogP contribution in [0.15, 0.2) is 0 Å². The van der Waals surface area contributed by atoms with Crippen LogP contribution in [-0.4, -0.2) is 30.0 Å². The standard InChI is InChI=1S/C10H19NO4/c1-2-8(12)7-9(13)11-15-10-5-3-4-6-14-10/h8,10,12H,2-7H2,1H3,(H,11,13). The maximum atomic E-state index is 11.2. The summed E-state index contributed by atoms with van der Waals surface area (Å²) in [5, 5.41) is 9.22. The summed E-state index contributed by atoms with van der Waals surface area (Å²) >= 11 is 0. The second-order valence-electron chi connectivity index (χ2n) is 3.71. The summed E-state index contributed by atoms with van der Waals surface area (Å²) in [5.41, 5.74) is 2.29. The number of hydrogen-bond donors (Lipinski definition) is 2. The van der Waals surface area contributed by atoms with Gasteiger partial charge < -0.3 is 9.84 Å². The molecule has 0 aromatic rings. The fraction of sp³-hybridized carbons (Fsp3) is 0.900. The van der Waals surface area contributed by atoms with Crippen LogP contribution in [-0.2, 0) is 14.4 Å². The van der Waals surface area contributed by atoms with E-state index in [-0.39, 0.29) is 18.6 Å². The van der Waals surface area contributed by atoms with E-state index in [0.717, 1.165) is 19.3 Å². The summed E-state index contributed by atoms with van der Waals surface area (Å²) < 4.78 is 5.26. The molecular formula is C10H19NO4. The molecule has 1 aliphatic rings. The molecule has 2 unspecified atom stereocenters. The average Bonchev–Trinajstić information content (AvgIpc) is 2.27. The summed E-state index contributed by atoms with van der Waals surface area (Å²) in [4.78, 5) is 16.3. The molecule has 5 heteroatoms. The molecule has 2 N–H and O–H groups in total. The predicted octanol–water partition coefficient (Wildman–Crippen LogP) is 0.722. The molecule has 0 bridgehead atoms. The zero-order chi connectivity index (χ0) is 11.1. The Morgan fingerprint density at radius 2 is 2.47 bits per heavy atom. The van der Waals surface area contributed by atoms with Crippen molar-refractivity contribution in [2.45, 2.75) is 51.4 Å². The van der Waals surface area contributed by atoms with Crippen LogP contribution in [0.4, 0.5) is 0 Å². The molecular weight excluding hydrogens is 198 g/mol. The van der Waals surface area contributed by atoms with Gasteiger partial charge in [0.25, 0.3) is 0 Å². The van der Waals surface area contributed by atoms with Crippen molar-refractivity contribution in [2.75, 3.05) is 6.61 Å². The number of ether oxygens (including phenoxy) is 1. The van der Waals surface area contributed by atoms with E-state index in [1.54, 1.807) is 0 Å².